The van der Waals surface area contributed by atoms with Crippen LogP contribution in [-0.4, -0.2) is 25.6 Å². The maximum absolute atomic E-state index is 13.3. The van der Waals surface area contributed by atoms with E-state index in [-0.39, 0.29) is 17.4 Å². The molecule has 0 aliphatic heterocycles. The number of nitro groups is 1. The number of carbonyl (C=O) groups is 1. The molecule has 8 nitrogen and oxygen atoms in total. The Bertz CT molecular complexity index is 1490. The van der Waals surface area contributed by atoms with Crippen molar-refractivity contribution < 1.29 is 14.1 Å². The SMILES string of the molecule is Cc1ccc(Cl)cc1-n1c(SCc2ccc(F)cc2)nnc1C(C)NC(=O)C=Cc1ccc([N+](=O)[O-])cc1. The predicted octanol–water partition coefficient (Wildman–Crippen LogP) is 6.46. The number of rotatable bonds is 9. The van der Waals surface area contributed by atoms with Crippen LogP contribution in [0.4, 0.5) is 10.1 Å². The number of aromatic nitrogens is 3. The Balaban J connectivity index is 1.56. The number of aryl methyl sites for hydroxylation is 1. The number of non-ortho nitro benzene ring substituents is 1. The first-order chi connectivity index (χ1) is 18.2. The van der Waals surface area contributed by atoms with E-state index in [1.807, 2.05) is 23.6 Å². The molecule has 0 saturated carbocycles. The van der Waals surface area contributed by atoms with Gasteiger partial charge in [0.25, 0.3) is 5.69 Å². The first kappa shape index (κ1) is 27.0. The molecule has 1 N–H and O–H groups in total. The van der Waals surface area contributed by atoms with Crippen LogP contribution in [0.2, 0.25) is 5.02 Å². The number of carbonyl (C=O) groups excluding carboxylic acids is 1. The zero-order valence-electron chi connectivity index (χ0n) is 20.5. The largest absolute Gasteiger partial charge is 0.343 e. The fourth-order valence-corrected chi connectivity index (χ4v) is 4.71. The van der Waals surface area contributed by atoms with Gasteiger partial charge in [-0.25, -0.2) is 4.39 Å². The van der Waals surface area contributed by atoms with E-state index in [1.165, 1.54) is 42.1 Å². The quantitative estimate of drug-likeness (QED) is 0.111. The van der Waals surface area contributed by atoms with Crippen LogP contribution in [0, 0.1) is 22.9 Å². The van der Waals surface area contributed by atoms with Crippen molar-refractivity contribution in [3.05, 3.63) is 116 Å². The van der Waals surface area contributed by atoms with Crippen molar-refractivity contribution >= 4 is 41.0 Å². The van der Waals surface area contributed by atoms with Gasteiger partial charge in [-0.2, -0.15) is 0 Å². The van der Waals surface area contributed by atoms with Crippen LogP contribution in [0.1, 0.15) is 35.5 Å². The molecule has 0 bridgehead atoms. The fraction of sp³-hybridized carbons (Fsp3) is 0.148. The van der Waals surface area contributed by atoms with Crippen LogP contribution in [-0.2, 0) is 10.5 Å². The third-order valence-corrected chi connectivity index (χ3v) is 6.86. The van der Waals surface area contributed by atoms with Crippen LogP contribution < -0.4 is 5.32 Å². The van der Waals surface area contributed by atoms with Crippen molar-refractivity contribution in [2.45, 2.75) is 30.8 Å². The summed E-state index contributed by atoms with van der Waals surface area (Å²) >= 11 is 7.74. The summed E-state index contributed by atoms with van der Waals surface area (Å²) in [6, 6.07) is 17.1. The maximum Gasteiger partial charge on any atom is 0.269 e. The van der Waals surface area contributed by atoms with Crippen LogP contribution in [0.15, 0.2) is 78.0 Å². The highest BCUT2D eigenvalue weighted by atomic mass is 35.5. The molecule has 3 aromatic carbocycles. The molecule has 38 heavy (non-hydrogen) atoms. The molecule has 1 amide bonds. The molecule has 11 heteroatoms. The van der Waals surface area contributed by atoms with E-state index < -0.39 is 11.0 Å². The van der Waals surface area contributed by atoms with Gasteiger partial charge in [0.15, 0.2) is 11.0 Å². The van der Waals surface area contributed by atoms with Gasteiger partial charge in [0.1, 0.15) is 5.82 Å². The van der Waals surface area contributed by atoms with Crippen LogP contribution in [0.5, 0.6) is 0 Å². The molecule has 0 saturated heterocycles. The lowest BCUT2D eigenvalue weighted by Gasteiger charge is -2.17. The minimum atomic E-state index is -0.518. The topological polar surface area (TPSA) is 103 Å². The van der Waals surface area contributed by atoms with Crippen molar-refractivity contribution in [3.8, 4) is 5.69 Å². The Morgan fingerprint density at radius 1 is 1.16 bits per heavy atom. The summed E-state index contributed by atoms with van der Waals surface area (Å²) in [6.45, 7) is 3.74. The first-order valence-corrected chi connectivity index (χ1v) is 12.9. The van der Waals surface area contributed by atoms with E-state index in [0.29, 0.717) is 27.3 Å². The van der Waals surface area contributed by atoms with Gasteiger partial charge in [0.2, 0.25) is 5.91 Å². The van der Waals surface area contributed by atoms with Crippen LogP contribution in [0.25, 0.3) is 11.8 Å². The fourth-order valence-electron chi connectivity index (χ4n) is 3.64. The Hall–Kier alpha value is -4.02. The smallest absolute Gasteiger partial charge is 0.269 e. The van der Waals surface area contributed by atoms with E-state index in [9.17, 15) is 19.3 Å². The average molecular weight is 552 g/mol. The molecule has 4 aromatic rings. The molecule has 0 spiro atoms. The standard InChI is InChI=1S/C27H23ClFN5O3S/c1-17-3-9-21(28)15-24(17)33-26(31-32-27(33)38-16-20-4-10-22(29)11-5-20)18(2)30-25(35)14-8-19-6-12-23(13-7-19)34(36)37/h3-15,18H,16H2,1-2H3,(H,30,35). The normalized spacial score (nSPS) is 12.0. The molecule has 0 aliphatic carbocycles. The molecule has 4 rings (SSSR count). The highest BCUT2D eigenvalue weighted by molar-refractivity contribution is 7.98. The molecule has 0 aliphatic rings. The highest BCUT2D eigenvalue weighted by Gasteiger charge is 2.22. The van der Waals surface area contributed by atoms with Crippen molar-refractivity contribution in [2.24, 2.45) is 0 Å². The lowest BCUT2D eigenvalue weighted by atomic mass is 10.2. The van der Waals surface area contributed by atoms with E-state index in [1.54, 1.807) is 43.3 Å². The van der Waals surface area contributed by atoms with Gasteiger partial charge in [0.05, 0.1) is 16.7 Å². The minimum absolute atomic E-state index is 0.0241. The van der Waals surface area contributed by atoms with Gasteiger partial charge in [-0.3, -0.25) is 19.5 Å². The highest BCUT2D eigenvalue weighted by Crippen LogP contribution is 2.30. The molecule has 1 atom stereocenters. The number of halogens is 2. The van der Waals surface area contributed by atoms with Gasteiger partial charge in [0, 0.05) is 29.0 Å². The van der Waals surface area contributed by atoms with Gasteiger partial charge in [-0.15, -0.1) is 10.2 Å². The maximum atomic E-state index is 13.3. The lowest BCUT2D eigenvalue weighted by Crippen LogP contribution is -2.27. The molecule has 0 fully saturated rings. The molecule has 1 aromatic heterocycles. The molecule has 1 heterocycles. The monoisotopic (exact) mass is 551 g/mol. The number of nitro benzene ring substituents is 1. The van der Waals surface area contributed by atoms with Crippen molar-refractivity contribution in [2.75, 3.05) is 0 Å². The zero-order valence-corrected chi connectivity index (χ0v) is 22.0. The lowest BCUT2D eigenvalue weighted by molar-refractivity contribution is -0.384. The second-order valence-corrected chi connectivity index (χ2v) is 9.81. The van der Waals surface area contributed by atoms with Crippen LogP contribution in [0.3, 0.4) is 0 Å². The Morgan fingerprint density at radius 2 is 1.87 bits per heavy atom. The van der Waals surface area contributed by atoms with E-state index >= 15 is 0 Å². The van der Waals surface area contributed by atoms with E-state index in [2.05, 4.69) is 15.5 Å². The summed E-state index contributed by atoms with van der Waals surface area (Å²) in [7, 11) is 0. The number of hydrogen-bond acceptors (Lipinski definition) is 6. The summed E-state index contributed by atoms with van der Waals surface area (Å²) in [5.41, 5.74) is 3.27. The zero-order chi connectivity index (χ0) is 27.2. The molecule has 1 unspecified atom stereocenters. The third-order valence-electron chi connectivity index (χ3n) is 5.63. The predicted molar refractivity (Wildman–Crippen MR) is 146 cm³/mol. The molecular formula is C27H23ClFN5O3S. The minimum Gasteiger partial charge on any atom is -0.343 e. The number of nitrogens with zero attached hydrogens (tertiary/aromatic N) is 4. The van der Waals surface area contributed by atoms with E-state index in [4.69, 9.17) is 11.6 Å². The second kappa shape index (κ2) is 12.0. The Kier molecular flexibility index (Phi) is 8.55. The molecule has 0 radical (unpaired) electrons. The van der Waals surface area contributed by atoms with Crippen molar-refractivity contribution in [1.29, 1.82) is 0 Å². The summed E-state index contributed by atoms with van der Waals surface area (Å²) in [5.74, 6) is 0.380. The van der Waals surface area contributed by atoms with E-state index in [0.717, 1.165) is 16.8 Å². The van der Waals surface area contributed by atoms with Gasteiger partial charge in [-0.05, 0) is 73.0 Å². The van der Waals surface area contributed by atoms with Crippen LogP contribution >= 0.6 is 23.4 Å². The number of thioether (sulfide) groups is 1. The Labute approximate surface area is 227 Å². The number of benzene rings is 3. The summed E-state index contributed by atoms with van der Waals surface area (Å²) in [4.78, 5) is 23.0. The number of hydrogen-bond donors (Lipinski definition) is 1. The summed E-state index contributed by atoms with van der Waals surface area (Å²) < 4.78 is 15.2. The van der Waals surface area contributed by atoms with Crippen molar-refractivity contribution in [3.63, 3.8) is 0 Å². The van der Waals surface area contributed by atoms with Crippen molar-refractivity contribution in [1.82, 2.24) is 20.1 Å². The second-order valence-electron chi connectivity index (χ2n) is 8.43. The number of amides is 1. The Morgan fingerprint density at radius 3 is 2.55 bits per heavy atom. The van der Waals surface area contributed by atoms with Gasteiger partial charge >= 0.3 is 0 Å². The average Bonchev–Trinajstić information content (AvgIpc) is 3.32. The molecular weight excluding hydrogens is 529 g/mol. The summed E-state index contributed by atoms with van der Waals surface area (Å²) in [6.07, 6.45) is 2.93. The summed E-state index contributed by atoms with van der Waals surface area (Å²) in [5, 5.41) is 23.6. The first-order valence-electron chi connectivity index (χ1n) is 11.5. The number of nitrogens with one attached hydrogen (secondary N) is 1. The third kappa shape index (κ3) is 6.64. The van der Waals surface area contributed by atoms with Gasteiger partial charge in [-0.1, -0.05) is 41.6 Å². The van der Waals surface area contributed by atoms with Gasteiger partial charge < -0.3 is 5.32 Å². The molecule has 194 valence electrons.